The van der Waals surface area contributed by atoms with Crippen LogP contribution in [0.4, 0.5) is 4.39 Å². The van der Waals surface area contributed by atoms with Gasteiger partial charge in [-0.15, -0.1) is 0 Å². The average Bonchev–Trinajstić information content (AvgIpc) is 2.63. The molecule has 0 amide bonds. The zero-order valence-corrected chi connectivity index (χ0v) is 9.68. The Morgan fingerprint density at radius 1 is 1.47 bits per heavy atom. The second-order valence-electron chi connectivity index (χ2n) is 2.73. The average molecular weight is 287 g/mol. The summed E-state index contributed by atoms with van der Waals surface area (Å²) < 4.78 is 17.4. The van der Waals surface area contributed by atoms with Crippen molar-refractivity contribution in [2.24, 2.45) is 0 Å². The van der Waals surface area contributed by atoms with Crippen molar-refractivity contribution in [3.05, 3.63) is 45.4 Å². The minimum Gasteiger partial charge on any atom is -0.287 e. The zero-order valence-electron chi connectivity index (χ0n) is 7.28. The predicted molar refractivity (Wildman–Crippen MR) is 57.4 cm³/mol. The molecular formula is C9H4BrFN2OS. The highest BCUT2D eigenvalue weighted by Crippen LogP contribution is 2.20. The molecule has 0 aliphatic heterocycles. The lowest BCUT2D eigenvalue weighted by Gasteiger charge is -1.97. The molecule has 0 aliphatic rings. The molecule has 0 atom stereocenters. The molecule has 0 aromatic carbocycles. The van der Waals surface area contributed by atoms with E-state index >= 15 is 0 Å². The van der Waals surface area contributed by atoms with Gasteiger partial charge in [0.05, 0.1) is 10.7 Å². The Hall–Kier alpha value is -1.14. The SMILES string of the molecule is O=C(c1cncc(F)c1)c1nscc1Br. The lowest BCUT2D eigenvalue weighted by atomic mass is 10.1. The van der Waals surface area contributed by atoms with Gasteiger partial charge in [-0.2, -0.15) is 4.37 Å². The van der Waals surface area contributed by atoms with Crippen LogP contribution in [-0.2, 0) is 0 Å². The number of hydrogen-bond donors (Lipinski definition) is 0. The Labute approximate surface area is 97.3 Å². The van der Waals surface area contributed by atoms with E-state index in [1.54, 1.807) is 5.38 Å². The van der Waals surface area contributed by atoms with Crippen molar-refractivity contribution < 1.29 is 9.18 Å². The molecule has 0 aliphatic carbocycles. The molecule has 0 radical (unpaired) electrons. The van der Waals surface area contributed by atoms with Gasteiger partial charge in [-0.05, 0) is 33.5 Å². The standard InChI is InChI=1S/C9H4BrFN2OS/c10-7-4-15-13-8(7)9(14)5-1-6(11)3-12-2-5/h1-4H. The number of halogens is 2. The van der Waals surface area contributed by atoms with Crippen LogP contribution in [0.25, 0.3) is 0 Å². The molecule has 2 aromatic rings. The van der Waals surface area contributed by atoms with Gasteiger partial charge in [-0.1, -0.05) is 0 Å². The first-order valence-corrected chi connectivity index (χ1v) is 5.56. The molecule has 2 aromatic heterocycles. The van der Waals surface area contributed by atoms with E-state index in [-0.39, 0.29) is 17.0 Å². The van der Waals surface area contributed by atoms with Crippen LogP contribution in [0.15, 0.2) is 28.3 Å². The third kappa shape index (κ3) is 2.10. The predicted octanol–water partition coefficient (Wildman–Crippen LogP) is 2.67. The minimum atomic E-state index is -0.535. The summed E-state index contributed by atoms with van der Waals surface area (Å²) in [6.07, 6.45) is 2.37. The smallest absolute Gasteiger partial charge is 0.215 e. The molecule has 0 fully saturated rings. The zero-order chi connectivity index (χ0) is 10.8. The number of carbonyl (C=O) groups excluding carboxylic acids is 1. The van der Waals surface area contributed by atoms with Gasteiger partial charge >= 0.3 is 0 Å². The summed E-state index contributed by atoms with van der Waals surface area (Å²) >= 11 is 4.36. The molecule has 0 saturated heterocycles. The van der Waals surface area contributed by atoms with E-state index in [0.717, 1.165) is 23.8 Å². The van der Waals surface area contributed by atoms with Crippen LogP contribution < -0.4 is 0 Å². The van der Waals surface area contributed by atoms with Gasteiger partial charge in [0.25, 0.3) is 0 Å². The molecular weight excluding hydrogens is 283 g/mol. The number of rotatable bonds is 2. The number of carbonyl (C=O) groups is 1. The van der Waals surface area contributed by atoms with Crippen molar-refractivity contribution in [1.82, 2.24) is 9.36 Å². The summed E-state index contributed by atoms with van der Waals surface area (Å²) in [4.78, 5) is 15.4. The summed E-state index contributed by atoms with van der Waals surface area (Å²) in [6, 6.07) is 1.14. The van der Waals surface area contributed by atoms with E-state index in [0.29, 0.717) is 4.47 Å². The van der Waals surface area contributed by atoms with Crippen LogP contribution in [0.5, 0.6) is 0 Å². The summed E-state index contributed by atoms with van der Waals surface area (Å²) in [5.74, 6) is -0.873. The molecule has 76 valence electrons. The fourth-order valence-electron chi connectivity index (χ4n) is 1.05. The Morgan fingerprint density at radius 3 is 2.87 bits per heavy atom. The van der Waals surface area contributed by atoms with E-state index in [2.05, 4.69) is 25.3 Å². The second-order valence-corrected chi connectivity index (χ2v) is 4.22. The largest absolute Gasteiger partial charge is 0.287 e. The molecule has 6 heteroatoms. The van der Waals surface area contributed by atoms with Gasteiger partial charge in [-0.3, -0.25) is 9.78 Å². The van der Waals surface area contributed by atoms with Crippen molar-refractivity contribution in [3.8, 4) is 0 Å². The fourth-order valence-corrected chi connectivity index (χ4v) is 2.23. The normalized spacial score (nSPS) is 10.3. The number of ketones is 1. The minimum absolute atomic E-state index is 0.196. The lowest BCUT2D eigenvalue weighted by molar-refractivity contribution is 0.103. The highest BCUT2D eigenvalue weighted by Gasteiger charge is 2.15. The van der Waals surface area contributed by atoms with E-state index in [1.807, 2.05) is 0 Å². The number of hydrogen-bond acceptors (Lipinski definition) is 4. The van der Waals surface area contributed by atoms with Crippen LogP contribution in [0.3, 0.4) is 0 Å². The quantitative estimate of drug-likeness (QED) is 0.797. The first-order valence-electron chi connectivity index (χ1n) is 3.93. The van der Waals surface area contributed by atoms with E-state index in [9.17, 15) is 9.18 Å². The van der Waals surface area contributed by atoms with E-state index < -0.39 is 5.82 Å². The molecule has 3 nitrogen and oxygen atoms in total. The van der Waals surface area contributed by atoms with Gasteiger partial charge in [0.1, 0.15) is 11.5 Å². The first kappa shape index (κ1) is 10.4. The molecule has 0 saturated carbocycles. The third-order valence-corrected chi connectivity index (χ3v) is 3.25. The fraction of sp³-hybridized carbons (Fsp3) is 0. The van der Waals surface area contributed by atoms with E-state index in [1.165, 1.54) is 6.20 Å². The summed E-state index contributed by atoms with van der Waals surface area (Å²) in [5, 5.41) is 1.69. The maximum Gasteiger partial charge on any atom is 0.215 e. The Balaban J connectivity index is 2.41. The Kier molecular flexibility index (Phi) is 2.88. The van der Waals surface area contributed by atoms with Crippen molar-refractivity contribution >= 4 is 33.2 Å². The van der Waals surface area contributed by atoms with E-state index in [4.69, 9.17) is 0 Å². The monoisotopic (exact) mass is 286 g/mol. The highest BCUT2D eigenvalue weighted by atomic mass is 79.9. The number of nitrogens with zero attached hydrogens (tertiary/aromatic N) is 2. The first-order chi connectivity index (χ1) is 7.18. The second kappa shape index (κ2) is 4.16. The third-order valence-electron chi connectivity index (χ3n) is 1.71. The Morgan fingerprint density at radius 2 is 2.27 bits per heavy atom. The molecule has 0 unspecified atom stereocenters. The lowest BCUT2D eigenvalue weighted by Crippen LogP contribution is -2.03. The molecule has 2 rings (SSSR count). The summed E-state index contributed by atoms with van der Waals surface area (Å²) in [7, 11) is 0. The van der Waals surface area contributed by atoms with Crippen molar-refractivity contribution in [3.63, 3.8) is 0 Å². The molecule has 0 bridgehead atoms. The Bertz CT molecular complexity index is 514. The molecule has 2 heterocycles. The van der Waals surface area contributed by atoms with Gasteiger partial charge in [0, 0.05) is 17.1 Å². The van der Waals surface area contributed by atoms with Crippen molar-refractivity contribution in [2.75, 3.05) is 0 Å². The molecule has 15 heavy (non-hydrogen) atoms. The van der Waals surface area contributed by atoms with Crippen LogP contribution in [0, 0.1) is 5.82 Å². The maximum atomic E-state index is 12.8. The van der Waals surface area contributed by atoms with Crippen molar-refractivity contribution in [2.45, 2.75) is 0 Å². The highest BCUT2D eigenvalue weighted by molar-refractivity contribution is 9.10. The number of aromatic nitrogens is 2. The van der Waals surface area contributed by atoms with Gasteiger partial charge in [-0.25, -0.2) is 4.39 Å². The van der Waals surface area contributed by atoms with Crippen LogP contribution in [0.1, 0.15) is 16.1 Å². The maximum absolute atomic E-state index is 12.8. The van der Waals surface area contributed by atoms with Gasteiger partial charge in [0.15, 0.2) is 0 Å². The van der Waals surface area contributed by atoms with Crippen LogP contribution in [-0.4, -0.2) is 15.1 Å². The molecule has 0 N–H and O–H groups in total. The van der Waals surface area contributed by atoms with Crippen LogP contribution in [0.2, 0.25) is 0 Å². The van der Waals surface area contributed by atoms with Crippen molar-refractivity contribution in [1.29, 1.82) is 0 Å². The van der Waals surface area contributed by atoms with Crippen LogP contribution >= 0.6 is 27.5 Å². The summed E-state index contributed by atoms with van der Waals surface area (Å²) in [5.41, 5.74) is 0.481. The topological polar surface area (TPSA) is 42.9 Å². The van der Waals surface area contributed by atoms with Gasteiger partial charge < -0.3 is 0 Å². The number of pyridine rings is 1. The van der Waals surface area contributed by atoms with Gasteiger partial charge in [0.2, 0.25) is 5.78 Å². The summed E-state index contributed by atoms with van der Waals surface area (Å²) in [6.45, 7) is 0. The molecule has 0 spiro atoms.